The van der Waals surface area contributed by atoms with Gasteiger partial charge in [0.1, 0.15) is 5.75 Å². The first kappa shape index (κ1) is 16.6. The molecule has 0 bridgehead atoms. The maximum Gasteiger partial charge on any atom is 0.260 e. The van der Waals surface area contributed by atoms with Crippen LogP contribution in [-0.4, -0.2) is 36.4 Å². The summed E-state index contributed by atoms with van der Waals surface area (Å²) in [5, 5.41) is 0. The standard InChI is InChI=1S/C21H22N2O3/c24-20-6-3-12-23(20)18-7-9-19(10-8-18)26-15-21(25)22-13-11-16-4-1-2-5-17(16)14-22/h1-2,4-5,7-10H,3,6,11-15H2. The van der Waals surface area contributed by atoms with Crippen LogP contribution in [0.15, 0.2) is 48.5 Å². The van der Waals surface area contributed by atoms with E-state index in [1.807, 2.05) is 41.3 Å². The summed E-state index contributed by atoms with van der Waals surface area (Å²) in [7, 11) is 0. The Morgan fingerprint density at radius 2 is 1.73 bits per heavy atom. The monoisotopic (exact) mass is 350 g/mol. The molecule has 1 fully saturated rings. The van der Waals surface area contributed by atoms with Crippen molar-refractivity contribution >= 4 is 17.5 Å². The molecule has 2 aromatic carbocycles. The van der Waals surface area contributed by atoms with Gasteiger partial charge in [-0.25, -0.2) is 0 Å². The molecular weight excluding hydrogens is 328 g/mol. The van der Waals surface area contributed by atoms with Gasteiger partial charge in [-0.05, 0) is 48.2 Å². The summed E-state index contributed by atoms with van der Waals surface area (Å²) in [5.74, 6) is 0.809. The van der Waals surface area contributed by atoms with E-state index in [9.17, 15) is 9.59 Å². The minimum absolute atomic E-state index is 0.00157. The van der Waals surface area contributed by atoms with Gasteiger partial charge in [0.2, 0.25) is 5.91 Å². The second kappa shape index (κ2) is 7.20. The Morgan fingerprint density at radius 1 is 0.962 bits per heavy atom. The summed E-state index contributed by atoms with van der Waals surface area (Å²) < 4.78 is 5.66. The fourth-order valence-corrected chi connectivity index (χ4v) is 3.59. The van der Waals surface area contributed by atoms with Gasteiger partial charge in [-0.2, -0.15) is 0 Å². The van der Waals surface area contributed by atoms with Crippen LogP contribution in [-0.2, 0) is 22.6 Å². The van der Waals surface area contributed by atoms with E-state index in [4.69, 9.17) is 4.74 Å². The minimum atomic E-state index is -0.00157. The van der Waals surface area contributed by atoms with Gasteiger partial charge in [-0.15, -0.1) is 0 Å². The number of benzene rings is 2. The number of amides is 2. The third-order valence-electron chi connectivity index (χ3n) is 5.07. The van der Waals surface area contributed by atoms with Crippen molar-refractivity contribution in [1.82, 2.24) is 4.90 Å². The van der Waals surface area contributed by atoms with Gasteiger partial charge >= 0.3 is 0 Å². The van der Waals surface area contributed by atoms with Gasteiger partial charge in [0.15, 0.2) is 6.61 Å². The quantitative estimate of drug-likeness (QED) is 0.852. The summed E-state index contributed by atoms with van der Waals surface area (Å²) in [6, 6.07) is 15.6. The van der Waals surface area contributed by atoms with Crippen molar-refractivity contribution in [1.29, 1.82) is 0 Å². The Balaban J connectivity index is 1.33. The van der Waals surface area contributed by atoms with Gasteiger partial charge in [0.05, 0.1) is 0 Å². The Labute approximate surface area is 153 Å². The second-order valence-corrected chi connectivity index (χ2v) is 6.77. The molecule has 0 saturated carbocycles. The number of hydrogen-bond acceptors (Lipinski definition) is 3. The average Bonchev–Trinajstić information content (AvgIpc) is 3.12. The number of carbonyl (C=O) groups is 2. The van der Waals surface area contributed by atoms with Crippen molar-refractivity contribution in [2.75, 3.05) is 24.6 Å². The van der Waals surface area contributed by atoms with E-state index >= 15 is 0 Å². The molecule has 26 heavy (non-hydrogen) atoms. The zero-order valence-electron chi connectivity index (χ0n) is 14.7. The molecule has 2 heterocycles. The van der Waals surface area contributed by atoms with Crippen molar-refractivity contribution in [2.45, 2.75) is 25.8 Å². The molecule has 5 nitrogen and oxygen atoms in total. The first-order valence-corrected chi connectivity index (χ1v) is 9.08. The van der Waals surface area contributed by atoms with E-state index in [2.05, 4.69) is 12.1 Å². The Kier molecular flexibility index (Phi) is 4.61. The Bertz CT molecular complexity index is 816. The van der Waals surface area contributed by atoms with E-state index in [-0.39, 0.29) is 18.4 Å². The van der Waals surface area contributed by atoms with Gasteiger partial charge in [0.25, 0.3) is 5.91 Å². The molecule has 2 amide bonds. The molecular formula is C21H22N2O3. The molecule has 0 aromatic heterocycles. The van der Waals surface area contributed by atoms with E-state index in [0.29, 0.717) is 18.7 Å². The molecule has 1 saturated heterocycles. The van der Waals surface area contributed by atoms with E-state index in [0.717, 1.165) is 31.6 Å². The van der Waals surface area contributed by atoms with Crippen LogP contribution in [0.5, 0.6) is 5.75 Å². The highest BCUT2D eigenvalue weighted by atomic mass is 16.5. The molecule has 0 spiro atoms. The maximum atomic E-state index is 12.4. The van der Waals surface area contributed by atoms with Crippen molar-refractivity contribution in [2.24, 2.45) is 0 Å². The highest BCUT2D eigenvalue weighted by Gasteiger charge is 2.22. The van der Waals surface area contributed by atoms with Crippen LogP contribution in [0.3, 0.4) is 0 Å². The second-order valence-electron chi connectivity index (χ2n) is 6.77. The lowest BCUT2D eigenvalue weighted by molar-refractivity contribution is -0.134. The van der Waals surface area contributed by atoms with Gasteiger partial charge < -0.3 is 14.5 Å². The van der Waals surface area contributed by atoms with Crippen LogP contribution in [0.2, 0.25) is 0 Å². The van der Waals surface area contributed by atoms with Gasteiger partial charge in [-0.3, -0.25) is 9.59 Å². The largest absolute Gasteiger partial charge is 0.484 e. The predicted octanol–water partition coefficient (Wildman–Crippen LogP) is 2.78. The lowest BCUT2D eigenvalue weighted by atomic mass is 10.00. The topological polar surface area (TPSA) is 49.9 Å². The van der Waals surface area contributed by atoms with Crippen LogP contribution < -0.4 is 9.64 Å². The van der Waals surface area contributed by atoms with Crippen molar-refractivity contribution in [3.8, 4) is 5.75 Å². The number of anilines is 1. The fourth-order valence-electron chi connectivity index (χ4n) is 3.59. The molecule has 2 aromatic rings. The van der Waals surface area contributed by atoms with Crippen molar-refractivity contribution in [3.63, 3.8) is 0 Å². The molecule has 2 aliphatic rings. The molecule has 0 unspecified atom stereocenters. The maximum absolute atomic E-state index is 12.4. The van der Waals surface area contributed by atoms with Gasteiger partial charge in [0, 0.05) is 31.7 Å². The summed E-state index contributed by atoms with van der Waals surface area (Å²) >= 11 is 0. The van der Waals surface area contributed by atoms with E-state index < -0.39 is 0 Å². The van der Waals surface area contributed by atoms with E-state index in [1.54, 1.807) is 4.90 Å². The molecule has 5 heteroatoms. The Morgan fingerprint density at radius 3 is 2.46 bits per heavy atom. The normalized spacial score (nSPS) is 16.5. The lowest BCUT2D eigenvalue weighted by Gasteiger charge is -2.28. The summed E-state index contributed by atoms with van der Waals surface area (Å²) in [4.78, 5) is 27.9. The highest BCUT2D eigenvalue weighted by Crippen LogP contribution is 2.24. The lowest BCUT2D eigenvalue weighted by Crippen LogP contribution is -2.38. The highest BCUT2D eigenvalue weighted by molar-refractivity contribution is 5.95. The van der Waals surface area contributed by atoms with Gasteiger partial charge in [-0.1, -0.05) is 24.3 Å². The average molecular weight is 350 g/mol. The van der Waals surface area contributed by atoms with E-state index in [1.165, 1.54) is 11.1 Å². The molecule has 2 aliphatic heterocycles. The molecule has 0 radical (unpaired) electrons. The third kappa shape index (κ3) is 3.43. The minimum Gasteiger partial charge on any atom is -0.484 e. The first-order chi connectivity index (χ1) is 12.7. The number of ether oxygens (including phenoxy) is 1. The summed E-state index contributed by atoms with van der Waals surface area (Å²) in [5.41, 5.74) is 3.43. The SMILES string of the molecule is O=C(COc1ccc(N2CCCC2=O)cc1)N1CCc2ccccc2C1. The molecule has 0 N–H and O–H groups in total. The summed E-state index contributed by atoms with van der Waals surface area (Å²) in [6.45, 7) is 2.18. The van der Waals surface area contributed by atoms with Crippen LogP contribution in [0.4, 0.5) is 5.69 Å². The zero-order chi connectivity index (χ0) is 17.9. The predicted molar refractivity (Wildman–Crippen MR) is 99.1 cm³/mol. The third-order valence-corrected chi connectivity index (χ3v) is 5.07. The number of carbonyl (C=O) groups excluding carboxylic acids is 2. The molecule has 0 aliphatic carbocycles. The van der Waals surface area contributed by atoms with Crippen LogP contribution in [0, 0.1) is 0 Å². The van der Waals surface area contributed by atoms with Crippen molar-refractivity contribution < 1.29 is 14.3 Å². The zero-order valence-corrected chi connectivity index (χ0v) is 14.7. The van der Waals surface area contributed by atoms with Crippen LogP contribution in [0.25, 0.3) is 0 Å². The molecule has 4 rings (SSSR count). The first-order valence-electron chi connectivity index (χ1n) is 9.08. The molecule has 0 atom stereocenters. The van der Waals surface area contributed by atoms with Crippen molar-refractivity contribution in [3.05, 3.63) is 59.7 Å². The number of nitrogens with zero attached hydrogens (tertiary/aromatic N) is 2. The molecule has 134 valence electrons. The van der Waals surface area contributed by atoms with Crippen LogP contribution in [0.1, 0.15) is 24.0 Å². The smallest absolute Gasteiger partial charge is 0.260 e. The number of fused-ring (bicyclic) bond motifs is 1. The number of rotatable bonds is 4. The Hall–Kier alpha value is -2.82. The summed E-state index contributed by atoms with van der Waals surface area (Å²) in [6.07, 6.45) is 2.41. The fraction of sp³-hybridized carbons (Fsp3) is 0.333. The number of hydrogen-bond donors (Lipinski definition) is 0. The van der Waals surface area contributed by atoms with Crippen LogP contribution >= 0.6 is 0 Å².